The summed E-state index contributed by atoms with van der Waals surface area (Å²) in [6.45, 7) is 2.43. The predicted octanol–water partition coefficient (Wildman–Crippen LogP) is 2.19. The quantitative estimate of drug-likeness (QED) is 0.348. The standard InChI is InChI=1S/C17H25ClN4O2S.HI/c1-19-16(20-8-10-22-9-3-11-25(22,23)24)21-13-17(6-7-17)14-4-2-5-15(18)12-14;/h2,4-5,12H,3,6-11,13H2,1H3,(H2,19,20,21);1H. The molecule has 1 saturated carbocycles. The Kier molecular flexibility index (Phi) is 7.58. The molecule has 9 heteroatoms. The highest BCUT2D eigenvalue weighted by Gasteiger charge is 2.44. The molecular formula is C17H26ClIN4O2S. The second-order valence-electron chi connectivity index (χ2n) is 6.71. The molecule has 1 saturated heterocycles. The van der Waals surface area contributed by atoms with Crippen LogP contribution in [0.3, 0.4) is 0 Å². The Bertz CT molecular complexity index is 753. The van der Waals surface area contributed by atoms with Gasteiger partial charge in [0.1, 0.15) is 0 Å². The van der Waals surface area contributed by atoms with Crippen molar-refractivity contribution < 1.29 is 8.42 Å². The van der Waals surface area contributed by atoms with Crippen molar-refractivity contribution in [3.05, 3.63) is 34.9 Å². The zero-order valence-electron chi connectivity index (χ0n) is 14.9. The van der Waals surface area contributed by atoms with Gasteiger partial charge in [0.2, 0.25) is 10.0 Å². The van der Waals surface area contributed by atoms with Crippen molar-refractivity contribution in [1.82, 2.24) is 14.9 Å². The lowest BCUT2D eigenvalue weighted by molar-refractivity contribution is 0.444. The van der Waals surface area contributed by atoms with Gasteiger partial charge in [0.25, 0.3) is 0 Å². The van der Waals surface area contributed by atoms with Gasteiger partial charge in [0, 0.05) is 43.7 Å². The Morgan fingerprint density at radius 1 is 1.35 bits per heavy atom. The van der Waals surface area contributed by atoms with Crippen LogP contribution in [0.25, 0.3) is 0 Å². The molecule has 1 aliphatic carbocycles. The van der Waals surface area contributed by atoms with E-state index in [2.05, 4.69) is 21.7 Å². The van der Waals surface area contributed by atoms with Gasteiger partial charge in [-0.15, -0.1) is 24.0 Å². The molecule has 1 aromatic carbocycles. The van der Waals surface area contributed by atoms with Gasteiger partial charge in [-0.05, 0) is 37.0 Å². The minimum atomic E-state index is -3.04. The maximum atomic E-state index is 11.8. The lowest BCUT2D eigenvalue weighted by atomic mass is 9.96. The highest BCUT2D eigenvalue weighted by atomic mass is 127. The first-order valence-electron chi connectivity index (χ1n) is 8.64. The van der Waals surface area contributed by atoms with Crippen LogP contribution in [-0.2, 0) is 15.4 Å². The molecule has 1 aromatic rings. The van der Waals surface area contributed by atoms with E-state index in [1.807, 2.05) is 18.2 Å². The van der Waals surface area contributed by atoms with Crippen molar-refractivity contribution in [2.45, 2.75) is 24.7 Å². The summed E-state index contributed by atoms with van der Waals surface area (Å²) >= 11 is 6.11. The van der Waals surface area contributed by atoms with E-state index in [0.717, 1.165) is 30.8 Å². The first-order valence-corrected chi connectivity index (χ1v) is 10.6. The lowest BCUT2D eigenvalue weighted by Crippen LogP contribution is -2.44. The number of nitrogens with one attached hydrogen (secondary N) is 2. The number of guanidine groups is 1. The molecule has 1 aliphatic heterocycles. The van der Waals surface area contributed by atoms with E-state index < -0.39 is 10.0 Å². The number of aliphatic imine (C=N–C) groups is 1. The third-order valence-electron chi connectivity index (χ3n) is 4.97. The molecule has 146 valence electrons. The molecule has 1 heterocycles. The fourth-order valence-corrected chi connectivity index (χ4v) is 4.97. The molecule has 6 nitrogen and oxygen atoms in total. The molecule has 2 fully saturated rings. The Balaban J connectivity index is 0.00000243. The highest BCUT2D eigenvalue weighted by molar-refractivity contribution is 14.0. The Morgan fingerprint density at radius 2 is 2.12 bits per heavy atom. The van der Waals surface area contributed by atoms with Gasteiger partial charge in [-0.25, -0.2) is 12.7 Å². The first-order chi connectivity index (χ1) is 12.0. The van der Waals surface area contributed by atoms with Crippen LogP contribution in [-0.4, -0.2) is 57.7 Å². The Hall–Kier alpha value is -0.580. The van der Waals surface area contributed by atoms with Gasteiger partial charge >= 0.3 is 0 Å². The van der Waals surface area contributed by atoms with Crippen LogP contribution >= 0.6 is 35.6 Å². The molecule has 0 aromatic heterocycles. The van der Waals surface area contributed by atoms with Gasteiger partial charge in [0.05, 0.1) is 5.75 Å². The van der Waals surface area contributed by atoms with Crippen molar-refractivity contribution in [3.63, 3.8) is 0 Å². The first kappa shape index (κ1) is 21.7. The number of nitrogens with zero attached hydrogens (tertiary/aromatic N) is 2. The molecule has 0 radical (unpaired) electrons. The Labute approximate surface area is 177 Å². The highest BCUT2D eigenvalue weighted by Crippen LogP contribution is 2.48. The molecular weight excluding hydrogens is 487 g/mol. The maximum absolute atomic E-state index is 11.8. The van der Waals surface area contributed by atoms with Crippen molar-refractivity contribution >= 4 is 51.6 Å². The molecule has 0 bridgehead atoms. The van der Waals surface area contributed by atoms with Gasteiger partial charge < -0.3 is 10.6 Å². The second-order valence-corrected chi connectivity index (χ2v) is 9.24. The molecule has 0 atom stereocenters. The van der Waals surface area contributed by atoms with Crippen LogP contribution in [0.5, 0.6) is 0 Å². The minimum absolute atomic E-state index is 0. The van der Waals surface area contributed by atoms with E-state index in [4.69, 9.17) is 11.6 Å². The summed E-state index contributed by atoms with van der Waals surface area (Å²) in [6, 6.07) is 8.03. The van der Waals surface area contributed by atoms with E-state index in [1.54, 1.807) is 11.4 Å². The number of halogens is 2. The predicted molar refractivity (Wildman–Crippen MR) is 117 cm³/mol. The number of benzene rings is 1. The van der Waals surface area contributed by atoms with Crippen LogP contribution < -0.4 is 10.6 Å². The summed E-state index contributed by atoms with van der Waals surface area (Å²) in [6.07, 6.45) is 2.98. The molecule has 2 N–H and O–H groups in total. The number of sulfonamides is 1. The monoisotopic (exact) mass is 512 g/mol. The van der Waals surface area contributed by atoms with Crippen LogP contribution in [0.15, 0.2) is 29.3 Å². The summed E-state index contributed by atoms with van der Waals surface area (Å²) in [4.78, 5) is 4.23. The third-order valence-corrected chi connectivity index (χ3v) is 7.16. The average Bonchev–Trinajstić information content (AvgIpc) is 3.30. The minimum Gasteiger partial charge on any atom is -0.356 e. The van der Waals surface area contributed by atoms with Crippen LogP contribution in [0.1, 0.15) is 24.8 Å². The van der Waals surface area contributed by atoms with Crippen LogP contribution in [0, 0.1) is 0 Å². The topological polar surface area (TPSA) is 73.8 Å². The summed E-state index contributed by atoms with van der Waals surface area (Å²) in [7, 11) is -1.31. The van der Waals surface area contributed by atoms with Crippen molar-refractivity contribution in [2.75, 3.05) is 39.0 Å². The lowest BCUT2D eigenvalue weighted by Gasteiger charge is -2.20. The van der Waals surface area contributed by atoms with Gasteiger partial charge in [-0.2, -0.15) is 0 Å². The van der Waals surface area contributed by atoms with E-state index in [9.17, 15) is 8.42 Å². The fourth-order valence-electron chi connectivity index (χ4n) is 3.25. The van der Waals surface area contributed by atoms with Crippen molar-refractivity contribution in [3.8, 4) is 0 Å². The Morgan fingerprint density at radius 3 is 2.69 bits per heavy atom. The normalized spacial score (nSPS) is 21.1. The second kappa shape index (κ2) is 9.07. The molecule has 0 amide bonds. The van der Waals surface area contributed by atoms with Crippen LogP contribution in [0.2, 0.25) is 5.02 Å². The van der Waals surface area contributed by atoms with Crippen LogP contribution in [0.4, 0.5) is 0 Å². The molecule has 3 rings (SSSR count). The van der Waals surface area contributed by atoms with Crippen molar-refractivity contribution in [1.29, 1.82) is 0 Å². The number of hydrogen-bond donors (Lipinski definition) is 2. The zero-order chi connectivity index (χ0) is 17.9. The largest absolute Gasteiger partial charge is 0.356 e. The molecule has 0 spiro atoms. The third kappa shape index (κ3) is 5.24. The van der Waals surface area contributed by atoms with E-state index in [0.29, 0.717) is 25.6 Å². The number of hydrogen-bond acceptors (Lipinski definition) is 3. The average molecular weight is 513 g/mol. The number of rotatable bonds is 6. The van der Waals surface area contributed by atoms with Gasteiger partial charge in [-0.1, -0.05) is 23.7 Å². The van der Waals surface area contributed by atoms with E-state index >= 15 is 0 Å². The zero-order valence-corrected chi connectivity index (χ0v) is 18.8. The SMILES string of the molecule is CN=C(NCCN1CCCS1(=O)=O)NCC1(c2cccc(Cl)c2)CC1.I. The smallest absolute Gasteiger partial charge is 0.214 e. The van der Waals surface area contributed by atoms with Crippen molar-refractivity contribution in [2.24, 2.45) is 4.99 Å². The molecule has 2 aliphatic rings. The molecule has 26 heavy (non-hydrogen) atoms. The summed E-state index contributed by atoms with van der Waals surface area (Å²) < 4.78 is 25.1. The maximum Gasteiger partial charge on any atom is 0.214 e. The summed E-state index contributed by atoms with van der Waals surface area (Å²) in [5.41, 5.74) is 1.38. The molecule has 0 unspecified atom stereocenters. The van der Waals surface area contributed by atoms with E-state index in [1.165, 1.54) is 5.56 Å². The summed E-state index contributed by atoms with van der Waals surface area (Å²) in [5, 5.41) is 7.33. The van der Waals surface area contributed by atoms with E-state index in [-0.39, 0.29) is 35.1 Å². The fraction of sp³-hybridized carbons (Fsp3) is 0.588. The summed E-state index contributed by atoms with van der Waals surface area (Å²) in [5.74, 6) is 0.965. The van der Waals surface area contributed by atoms with Gasteiger partial charge in [-0.3, -0.25) is 4.99 Å². The van der Waals surface area contributed by atoms with Gasteiger partial charge in [0.15, 0.2) is 5.96 Å².